The number of carbonyl (C=O) groups is 1. The van der Waals surface area contributed by atoms with Crippen LogP contribution in [0.3, 0.4) is 0 Å². The number of likely N-dealkylation sites (N-methyl/N-ethyl adjacent to an activating group) is 1. The van der Waals surface area contributed by atoms with E-state index >= 15 is 0 Å². The molecule has 1 aliphatic rings. The largest absolute Gasteiger partial charge is 0.340 e. The molecule has 1 amide bonds. The Morgan fingerprint density at radius 1 is 1.53 bits per heavy atom. The molecule has 0 spiro atoms. The van der Waals surface area contributed by atoms with E-state index in [1.54, 1.807) is 0 Å². The Hall–Kier alpha value is -0.220. The van der Waals surface area contributed by atoms with E-state index in [0.29, 0.717) is 5.92 Å². The van der Waals surface area contributed by atoms with Gasteiger partial charge in [-0.25, -0.2) is 0 Å². The number of hydrogen-bond acceptors (Lipinski definition) is 3. The van der Waals surface area contributed by atoms with E-state index < -0.39 is 0 Å². The van der Waals surface area contributed by atoms with E-state index in [2.05, 4.69) is 6.92 Å². The third kappa shape index (κ3) is 3.68. The van der Waals surface area contributed by atoms with Gasteiger partial charge < -0.3 is 4.90 Å². The minimum atomic E-state index is 0.000278. The Bertz CT molecular complexity index is 221. The van der Waals surface area contributed by atoms with Crippen LogP contribution in [0.15, 0.2) is 0 Å². The lowest BCUT2D eigenvalue weighted by molar-refractivity contribution is -0.135. The summed E-state index contributed by atoms with van der Waals surface area (Å²) in [5.74, 6) is 3.15. The number of rotatable bonds is 2. The Labute approximate surface area is 97.2 Å². The van der Waals surface area contributed by atoms with Gasteiger partial charge in [0.05, 0.1) is 6.04 Å². The van der Waals surface area contributed by atoms with Crippen LogP contribution in [0.2, 0.25) is 0 Å². The van der Waals surface area contributed by atoms with Crippen molar-refractivity contribution in [2.75, 3.05) is 38.7 Å². The maximum atomic E-state index is 12.1. The maximum Gasteiger partial charge on any atom is 0.239 e. The Kier molecular flexibility index (Phi) is 4.93. The van der Waals surface area contributed by atoms with Crippen molar-refractivity contribution >= 4 is 17.7 Å². The van der Waals surface area contributed by atoms with Crippen molar-refractivity contribution in [3.63, 3.8) is 0 Å². The quantitative estimate of drug-likeness (QED) is 0.711. The fraction of sp³-hybridized carbons (Fsp3) is 0.909. The smallest absolute Gasteiger partial charge is 0.239 e. The molecular weight excluding hydrogens is 208 g/mol. The van der Waals surface area contributed by atoms with Gasteiger partial charge in [-0.3, -0.25) is 9.69 Å². The van der Waals surface area contributed by atoms with Gasteiger partial charge in [0.2, 0.25) is 5.91 Å². The van der Waals surface area contributed by atoms with Gasteiger partial charge in [0.25, 0.3) is 0 Å². The Morgan fingerprint density at radius 3 is 2.80 bits per heavy atom. The highest BCUT2D eigenvalue weighted by molar-refractivity contribution is 7.99. The highest BCUT2D eigenvalue weighted by Crippen LogP contribution is 2.16. The number of carbonyl (C=O) groups excluding carboxylic acids is 1. The van der Waals surface area contributed by atoms with Crippen LogP contribution in [0.25, 0.3) is 0 Å². The molecule has 0 aliphatic carbocycles. The maximum absolute atomic E-state index is 12.1. The van der Waals surface area contributed by atoms with Gasteiger partial charge in [0.1, 0.15) is 0 Å². The standard InChI is InChI=1S/C11H22N2OS/c1-9-7-13(5-6-15-8-9)11(14)10(2)12(3)4/h9-10H,5-8H2,1-4H3/t9?,10-/m1/s1. The molecule has 1 saturated heterocycles. The summed E-state index contributed by atoms with van der Waals surface area (Å²) in [5.41, 5.74) is 0. The van der Waals surface area contributed by atoms with E-state index in [9.17, 15) is 4.79 Å². The fourth-order valence-corrected chi connectivity index (χ4v) is 2.69. The van der Waals surface area contributed by atoms with Crippen LogP contribution >= 0.6 is 11.8 Å². The summed E-state index contributed by atoms with van der Waals surface area (Å²) >= 11 is 1.96. The number of nitrogens with zero attached hydrogens (tertiary/aromatic N) is 2. The lowest BCUT2D eigenvalue weighted by Gasteiger charge is -2.28. The molecule has 2 atom stereocenters. The van der Waals surface area contributed by atoms with E-state index in [0.717, 1.165) is 18.8 Å². The Morgan fingerprint density at radius 2 is 2.20 bits per heavy atom. The molecule has 0 N–H and O–H groups in total. The summed E-state index contributed by atoms with van der Waals surface area (Å²) < 4.78 is 0. The molecule has 3 nitrogen and oxygen atoms in total. The highest BCUT2D eigenvalue weighted by Gasteiger charge is 2.24. The second-order valence-corrected chi connectivity index (χ2v) is 5.75. The van der Waals surface area contributed by atoms with Gasteiger partial charge in [-0.1, -0.05) is 6.92 Å². The summed E-state index contributed by atoms with van der Waals surface area (Å²) in [6, 6.07) is 0.000278. The number of thioether (sulfide) groups is 1. The van der Waals surface area contributed by atoms with Crippen LogP contribution in [0, 0.1) is 5.92 Å². The number of hydrogen-bond donors (Lipinski definition) is 0. The lowest BCUT2D eigenvalue weighted by Crippen LogP contribution is -2.46. The molecule has 0 aromatic carbocycles. The topological polar surface area (TPSA) is 23.6 Å². The van der Waals surface area contributed by atoms with Crippen molar-refractivity contribution in [3.05, 3.63) is 0 Å². The predicted molar refractivity (Wildman–Crippen MR) is 66.2 cm³/mol. The fourth-order valence-electron chi connectivity index (χ4n) is 1.66. The van der Waals surface area contributed by atoms with E-state index in [1.807, 2.05) is 42.6 Å². The molecular formula is C11H22N2OS. The van der Waals surface area contributed by atoms with Crippen LogP contribution < -0.4 is 0 Å². The normalized spacial score (nSPS) is 25.1. The SMILES string of the molecule is CC1CSCCN(C(=O)[C@@H](C)N(C)C)C1. The third-order valence-electron chi connectivity index (χ3n) is 2.88. The molecule has 15 heavy (non-hydrogen) atoms. The van der Waals surface area contributed by atoms with Crippen LogP contribution in [0.1, 0.15) is 13.8 Å². The van der Waals surface area contributed by atoms with Gasteiger partial charge >= 0.3 is 0 Å². The van der Waals surface area contributed by atoms with Crippen molar-refractivity contribution in [3.8, 4) is 0 Å². The molecule has 0 radical (unpaired) electrons. The van der Waals surface area contributed by atoms with Crippen LogP contribution in [0.5, 0.6) is 0 Å². The molecule has 0 bridgehead atoms. The molecule has 1 unspecified atom stereocenters. The molecule has 1 aliphatic heterocycles. The van der Waals surface area contributed by atoms with E-state index in [-0.39, 0.29) is 11.9 Å². The van der Waals surface area contributed by atoms with Crippen LogP contribution in [-0.2, 0) is 4.79 Å². The minimum absolute atomic E-state index is 0.000278. The second kappa shape index (κ2) is 5.75. The summed E-state index contributed by atoms with van der Waals surface area (Å²) in [6.07, 6.45) is 0. The van der Waals surface area contributed by atoms with Gasteiger partial charge in [-0.2, -0.15) is 11.8 Å². The second-order valence-electron chi connectivity index (χ2n) is 4.60. The summed E-state index contributed by atoms with van der Waals surface area (Å²) in [7, 11) is 3.91. The van der Waals surface area contributed by atoms with Gasteiger partial charge in [-0.05, 0) is 32.7 Å². The first-order chi connectivity index (χ1) is 7.02. The van der Waals surface area contributed by atoms with Crippen molar-refractivity contribution < 1.29 is 4.79 Å². The first-order valence-corrected chi connectivity index (χ1v) is 6.70. The van der Waals surface area contributed by atoms with Gasteiger partial charge in [0.15, 0.2) is 0 Å². The molecule has 88 valence electrons. The zero-order valence-electron chi connectivity index (χ0n) is 10.2. The Balaban J connectivity index is 2.57. The first-order valence-electron chi connectivity index (χ1n) is 5.55. The minimum Gasteiger partial charge on any atom is -0.340 e. The lowest BCUT2D eigenvalue weighted by atomic mass is 10.2. The van der Waals surface area contributed by atoms with E-state index in [1.165, 1.54) is 5.75 Å². The highest BCUT2D eigenvalue weighted by atomic mass is 32.2. The van der Waals surface area contributed by atoms with Crippen molar-refractivity contribution in [2.24, 2.45) is 5.92 Å². The van der Waals surface area contributed by atoms with Crippen LogP contribution in [-0.4, -0.2) is 60.4 Å². The molecule has 4 heteroatoms. The van der Waals surface area contributed by atoms with Crippen molar-refractivity contribution in [2.45, 2.75) is 19.9 Å². The average molecular weight is 230 g/mol. The van der Waals surface area contributed by atoms with Gasteiger partial charge in [-0.15, -0.1) is 0 Å². The van der Waals surface area contributed by atoms with Crippen molar-refractivity contribution in [1.29, 1.82) is 0 Å². The zero-order valence-corrected chi connectivity index (χ0v) is 11.0. The summed E-state index contributed by atoms with van der Waals surface area (Å²) in [4.78, 5) is 16.1. The monoisotopic (exact) mass is 230 g/mol. The molecule has 0 aromatic heterocycles. The average Bonchev–Trinajstić information content (AvgIpc) is 2.40. The predicted octanol–water partition coefficient (Wildman–Crippen LogP) is 1.15. The van der Waals surface area contributed by atoms with Crippen molar-refractivity contribution in [1.82, 2.24) is 9.80 Å². The van der Waals surface area contributed by atoms with E-state index in [4.69, 9.17) is 0 Å². The molecule has 0 saturated carbocycles. The zero-order chi connectivity index (χ0) is 11.4. The molecule has 1 heterocycles. The molecule has 1 fully saturated rings. The summed E-state index contributed by atoms with van der Waals surface area (Å²) in [5, 5.41) is 0. The third-order valence-corrected chi connectivity index (χ3v) is 4.16. The number of amides is 1. The summed E-state index contributed by atoms with van der Waals surface area (Å²) in [6.45, 7) is 6.03. The first kappa shape index (κ1) is 12.8. The van der Waals surface area contributed by atoms with Gasteiger partial charge in [0, 0.05) is 18.8 Å². The van der Waals surface area contributed by atoms with Crippen LogP contribution in [0.4, 0.5) is 0 Å². The molecule has 1 rings (SSSR count). The molecule has 0 aromatic rings.